The average Bonchev–Trinajstić information content (AvgIpc) is 2.33. The minimum Gasteiger partial charge on any atom is -0.481 e. The summed E-state index contributed by atoms with van der Waals surface area (Å²) >= 11 is 5.65. The number of carboxylic acids is 1. The molecule has 1 N–H and O–H groups in total. The highest BCUT2D eigenvalue weighted by molar-refractivity contribution is 6.30. The molecule has 0 bridgehead atoms. The van der Waals surface area contributed by atoms with Crippen molar-refractivity contribution in [3.05, 3.63) is 34.6 Å². The maximum absolute atomic E-state index is 13.4. The first-order valence-corrected chi connectivity index (χ1v) is 6.80. The normalized spacial score (nSPS) is 20.4. The van der Waals surface area contributed by atoms with Gasteiger partial charge in [-0.3, -0.25) is 9.69 Å². The Balaban J connectivity index is 1.94. The van der Waals surface area contributed by atoms with Gasteiger partial charge >= 0.3 is 5.97 Å². The SMILES string of the molecule is O=C(O)CC1CCCN(Cc2ccc(Cl)c(F)c2)C1. The fourth-order valence-corrected chi connectivity index (χ4v) is 2.72. The second-order valence-electron chi connectivity index (χ2n) is 5.09. The van der Waals surface area contributed by atoms with E-state index in [4.69, 9.17) is 16.7 Å². The number of halogens is 2. The van der Waals surface area contributed by atoms with Crippen molar-refractivity contribution in [2.24, 2.45) is 5.92 Å². The van der Waals surface area contributed by atoms with Crippen molar-refractivity contribution in [2.75, 3.05) is 13.1 Å². The second kappa shape index (κ2) is 6.35. The Morgan fingerprint density at radius 3 is 3.00 bits per heavy atom. The quantitative estimate of drug-likeness (QED) is 0.924. The van der Waals surface area contributed by atoms with Gasteiger partial charge in [0.05, 0.1) is 5.02 Å². The Kier molecular flexibility index (Phi) is 4.77. The first-order valence-electron chi connectivity index (χ1n) is 6.42. The average molecular weight is 286 g/mol. The molecule has 1 aliphatic heterocycles. The molecule has 1 aromatic rings. The minimum absolute atomic E-state index is 0.131. The highest BCUT2D eigenvalue weighted by Crippen LogP contribution is 2.22. The molecule has 0 aromatic heterocycles. The number of likely N-dealkylation sites (tertiary alicyclic amines) is 1. The van der Waals surface area contributed by atoms with Gasteiger partial charge in [-0.05, 0) is 43.0 Å². The molecule has 1 heterocycles. The number of benzene rings is 1. The molecule has 1 unspecified atom stereocenters. The van der Waals surface area contributed by atoms with Gasteiger partial charge in [0, 0.05) is 19.5 Å². The number of nitrogens with zero attached hydrogens (tertiary/aromatic N) is 1. The monoisotopic (exact) mass is 285 g/mol. The predicted molar refractivity (Wildman–Crippen MR) is 71.7 cm³/mol. The van der Waals surface area contributed by atoms with Gasteiger partial charge in [-0.15, -0.1) is 0 Å². The molecule has 5 heteroatoms. The van der Waals surface area contributed by atoms with Gasteiger partial charge in [0.1, 0.15) is 5.82 Å². The summed E-state index contributed by atoms with van der Waals surface area (Å²) in [6.45, 7) is 2.33. The molecule has 0 spiro atoms. The van der Waals surface area contributed by atoms with Crippen molar-refractivity contribution >= 4 is 17.6 Å². The van der Waals surface area contributed by atoms with Gasteiger partial charge in [0.2, 0.25) is 0 Å². The maximum atomic E-state index is 13.4. The molecule has 1 saturated heterocycles. The van der Waals surface area contributed by atoms with E-state index in [0.717, 1.165) is 31.5 Å². The summed E-state index contributed by atoms with van der Waals surface area (Å²) in [4.78, 5) is 12.9. The largest absolute Gasteiger partial charge is 0.481 e. The lowest BCUT2D eigenvalue weighted by molar-refractivity contribution is -0.138. The first-order chi connectivity index (χ1) is 9.04. The van der Waals surface area contributed by atoms with Crippen LogP contribution in [0.15, 0.2) is 18.2 Å². The second-order valence-corrected chi connectivity index (χ2v) is 5.50. The Hall–Kier alpha value is -1.13. The van der Waals surface area contributed by atoms with Crippen LogP contribution in [-0.4, -0.2) is 29.1 Å². The molecule has 19 heavy (non-hydrogen) atoms. The predicted octanol–water partition coefficient (Wildman–Crippen LogP) is 3.17. The van der Waals surface area contributed by atoms with E-state index in [1.54, 1.807) is 6.07 Å². The lowest BCUT2D eigenvalue weighted by Gasteiger charge is -2.32. The van der Waals surface area contributed by atoms with Gasteiger partial charge in [-0.1, -0.05) is 17.7 Å². The van der Waals surface area contributed by atoms with Crippen LogP contribution in [0.25, 0.3) is 0 Å². The third kappa shape index (κ3) is 4.18. The molecule has 104 valence electrons. The molecule has 0 radical (unpaired) electrons. The first kappa shape index (κ1) is 14.3. The van der Waals surface area contributed by atoms with Crippen LogP contribution in [0.1, 0.15) is 24.8 Å². The smallest absolute Gasteiger partial charge is 0.303 e. The Morgan fingerprint density at radius 2 is 2.32 bits per heavy atom. The van der Waals surface area contributed by atoms with Gasteiger partial charge in [0.25, 0.3) is 0 Å². The standard InChI is InChI=1S/C14H17ClFNO2/c15-12-4-3-11(6-13(12)16)9-17-5-1-2-10(8-17)7-14(18)19/h3-4,6,10H,1-2,5,7-9H2,(H,18,19). The van der Waals surface area contributed by atoms with Gasteiger partial charge in [-0.2, -0.15) is 0 Å². The van der Waals surface area contributed by atoms with Crippen molar-refractivity contribution in [1.29, 1.82) is 0 Å². The highest BCUT2D eigenvalue weighted by atomic mass is 35.5. The van der Waals surface area contributed by atoms with E-state index < -0.39 is 11.8 Å². The Morgan fingerprint density at radius 1 is 1.53 bits per heavy atom. The van der Waals surface area contributed by atoms with Crippen LogP contribution in [0.2, 0.25) is 5.02 Å². The summed E-state index contributed by atoms with van der Waals surface area (Å²) in [5.74, 6) is -0.953. The molecular formula is C14H17ClFNO2. The maximum Gasteiger partial charge on any atom is 0.303 e. The third-order valence-electron chi connectivity index (χ3n) is 3.46. The lowest BCUT2D eigenvalue weighted by Crippen LogP contribution is -2.35. The lowest BCUT2D eigenvalue weighted by atomic mass is 9.94. The van der Waals surface area contributed by atoms with E-state index in [-0.39, 0.29) is 17.4 Å². The number of carbonyl (C=O) groups is 1. The van der Waals surface area contributed by atoms with Crippen LogP contribution in [0.4, 0.5) is 4.39 Å². The van der Waals surface area contributed by atoms with E-state index in [1.807, 2.05) is 6.07 Å². The molecule has 2 rings (SSSR count). The summed E-state index contributed by atoms with van der Waals surface area (Å²) in [6, 6.07) is 4.82. The van der Waals surface area contributed by atoms with Crippen LogP contribution >= 0.6 is 11.6 Å². The summed E-state index contributed by atoms with van der Waals surface area (Å²) in [6.07, 6.45) is 2.16. The van der Waals surface area contributed by atoms with Crippen LogP contribution in [0.3, 0.4) is 0 Å². The molecule has 1 aliphatic rings. The number of hydrogen-bond acceptors (Lipinski definition) is 2. The zero-order chi connectivity index (χ0) is 13.8. The number of hydrogen-bond donors (Lipinski definition) is 1. The van der Waals surface area contributed by atoms with Crippen LogP contribution in [0.5, 0.6) is 0 Å². The van der Waals surface area contributed by atoms with Crippen molar-refractivity contribution < 1.29 is 14.3 Å². The van der Waals surface area contributed by atoms with Crippen LogP contribution in [-0.2, 0) is 11.3 Å². The van der Waals surface area contributed by atoms with E-state index in [1.165, 1.54) is 6.07 Å². The van der Waals surface area contributed by atoms with Crippen molar-refractivity contribution in [2.45, 2.75) is 25.8 Å². The molecular weight excluding hydrogens is 269 g/mol. The molecule has 1 atom stereocenters. The molecule has 1 fully saturated rings. The van der Waals surface area contributed by atoms with E-state index >= 15 is 0 Å². The van der Waals surface area contributed by atoms with Gasteiger partial charge in [0.15, 0.2) is 0 Å². The molecule has 0 aliphatic carbocycles. The van der Waals surface area contributed by atoms with Crippen molar-refractivity contribution in [1.82, 2.24) is 4.90 Å². The summed E-state index contributed by atoms with van der Waals surface area (Å²) in [7, 11) is 0. The highest BCUT2D eigenvalue weighted by Gasteiger charge is 2.22. The van der Waals surface area contributed by atoms with E-state index in [0.29, 0.717) is 6.54 Å². The topological polar surface area (TPSA) is 40.5 Å². The fraction of sp³-hybridized carbons (Fsp3) is 0.500. The summed E-state index contributed by atoms with van der Waals surface area (Å²) in [5, 5.41) is 8.96. The van der Waals surface area contributed by atoms with Gasteiger partial charge < -0.3 is 5.11 Å². The molecule has 1 aromatic carbocycles. The van der Waals surface area contributed by atoms with E-state index in [2.05, 4.69) is 4.90 Å². The molecule has 0 saturated carbocycles. The molecule has 0 amide bonds. The third-order valence-corrected chi connectivity index (χ3v) is 3.76. The van der Waals surface area contributed by atoms with Crippen LogP contribution in [0, 0.1) is 11.7 Å². The zero-order valence-corrected chi connectivity index (χ0v) is 11.4. The van der Waals surface area contributed by atoms with Crippen molar-refractivity contribution in [3.63, 3.8) is 0 Å². The summed E-state index contributed by atoms with van der Waals surface area (Å²) in [5.41, 5.74) is 0.873. The summed E-state index contributed by atoms with van der Waals surface area (Å²) < 4.78 is 13.4. The molecule has 3 nitrogen and oxygen atoms in total. The zero-order valence-electron chi connectivity index (χ0n) is 10.6. The fourth-order valence-electron chi connectivity index (χ4n) is 2.60. The van der Waals surface area contributed by atoms with E-state index in [9.17, 15) is 9.18 Å². The Bertz CT molecular complexity index is 467. The van der Waals surface area contributed by atoms with Crippen molar-refractivity contribution in [3.8, 4) is 0 Å². The van der Waals surface area contributed by atoms with Crippen LogP contribution < -0.4 is 0 Å². The number of aliphatic carboxylic acids is 1. The van der Waals surface area contributed by atoms with Gasteiger partial charge in [-0.25, -0.2) is 4.39 Å². The number of piperidine rings is 1. The number of carboxylic acid groups (broad SMARTS) is 1. The minimum atomic E-state index is -0.746. The number of rotatable bonds is 4. The Labute approximate surface area is 117 Å².